The highest BCUT2D eigenvalue weighted by atomic mass is 16.5. The Morgan fingerprint density at radius 3 is 2.52 bits per heavy atom. The highest BCUT2D eigenvalue weighted by molar-refractivity contribution is 5.96. The summed E-state index contributed by atoms with van der Waals surface area (Å²) in [6.45, 7) is 10.0. The van der Waals surface area contributed by atoms with E-state index in [4.69, 9.17) is 4.74 Å². The molecule has 0 spiro atoms. The fourth-order valence-corrected chi connectivity index (χ4v) is 3.85. The van der Waals surface area contributed by atoms with Crippen molar-refractivity contribution in [1.82, 2.24) is 9.55 Å². The summed E-state index contributed by atoms with van der Waals surface area (Å²) < 4.78 is 6.57. The molecule has 0 amide bonds. The maximum Gasteiger partial charge on any atom is 0.321 e. The molecular weight excluding hydrogens is 396 g/mol. The smallest absolute Gasteiger partial charge is 0.321 e. The molecule has 0 radical (unpaired) electrons. The summed E-state index contributed by atoms with van der Waals surface area (Å²) in [6, 6.07) is 7.09. The average molecular weight is 422 g/mol. The first-order valence-corrected chi connectivity index (χ1v) is 10.5. The van der Waals surface area contributed by atoms with Crippen LogP contribution in [-0.2, 0) is 27.5 Å². The number of nitrogens with zero attached hydrogens (tertiary/aromatic N) is 2. The Kier molecular flexibility index (Phi) is 6.24. The molecule has 0 aliphatic carbocycles. The van der Waals surface area contributed by atoms with Gasteiger partial charge in [0.25, 0.3) is 5.56 Å². The molecule has 1 aromatic carbocycles. The van der Waals surface area contributed by atoms with Crippen molar-refractivity contribution in [2.45, 2.75) is 53.7 Å². The van der Waals surface area contributed by atoms with Crippen molar-refractivity contribution < 1.29 is 19.4 Å². The van der Waals surface area contributed by atoms with Gasteiger partial charge in [0.15, 0.2) is 0 Å². The molecule has 7 heteroatoms. The Bertz CT molecular complexity index is 1240. The number of cyclic esters (lactones) is 1. The highest BCUT2D eigenvalue weighted by Crippen LogP contribution is 2.36. The Hall–Kier alpha value is -3.48. The third-order valence-corrected chi connectivity index (χ3v) is 5.30. The minimum absolute atomic E-state index is 0.129. The van der Waals surface area contributed by atoms with Crippen LogP contribution in [0.1, 0.15) is 55.9 Å². The van der Waals surface area contributed by atoms with Gasteiger partial charge in [-0.3, -0.25) is 9.59 Å². The number of phenolic OH excluding ortho intramolecular Hbond substituents is 1. The number of aldehydes is 1. The zero-order chi connectivity index (χ0) is 22.9. The highest BCUT2D eigenvalue weighted by Gasteiger charge is 2.34. The molecule has 0 saturated carbocycles. The number of aryl methyl sites for hydroxylation is 1. The van der Waals surface area contributed by atoms with Gasteiger partial charge < -0.3 is 19.2 Å². The number of benzene rings is 1. The van der Waals surface area contributed by atoms with Crippen molar-refractivity contribution in [3.63, 3.8) is 0 Å². The molecule has 4 heterocycles. The molecule has 1 N–H and O–H groups in total. The van der Waals surface area contributed by atoms with E-state index in [0.29, 0.717) is 40.9 Å². The van der Waals surface area contributed by atoms with Crippen LogP contribution in [0.5, 0.6) is 5.75 Å². The molecule has 2 aliphatic rings. The normalized spacial score (nSPS) is 15.4. The number of ether oxygens (including phenoxy) is 1. The minimum atomic E-state index is -1.09. The van der Waals surface area contributed by atoms with E-state index in [2.05, 4.69) is 4.98 Å². The summed E-state index contributed by atoms with van der Waals surface area (Å²) >= 11 is 0. The van der Waals surface area contributed by atoms with E-state index in [1.165, 1.54) is 0 Å². The van der Waals surface area contributed by atoms with Gasteiger partial charge in [-0.2, -0.15) is 0 Å². The Morgan fingerprint density at radius 2 is 1.84 bits per heavy atom. The van der Waals surface area contributed by atoms with Gasteiger partial charge in [0, 0.05) is 17.0 Å². The van der Waals surface area contributed by atoms with E-state index in [0.717, 1.165) is 16.5 Å². The van der Waals surface area contributed by atoms with Crippen molar-refractivity contribution in [1.29, 1.82) is 0 Å². The molecule has 31 heavy (non-hydrogen) atoms. The number of fused-ring (bicyclic) bond motifs is 5. The number of carbonyl (C=O) groups is 2. The predicted octanol–water partition coefficient (Wildman–Crippen LogP) is 3.83. The summed E-state index contributed by atoms with van der Waals surface area (Å²) in [5.74, 6) is -1.59. The number of aromatic nitrogens is 2. The topological polar surface area (TPSA) is 98.5 Å². The van der Waals surface area contributed by atoms with Crippen molar-refractivity contribution >= 4 is 23.2 Å². The van der Waals surface area contributed by atoms with E-state index in [1.807, 2.05) is 46.8 Å². The third kappa shape index (κ3) is 3.50. The number of hydrogen-bond donors (Lipinski definition) is 1. The molecular formula is C24H26N2O5. The first-order valence-electron chi connectivity index (χ1n) is 10.5. The first-order chi connectivity index (χ1) is 15.0. The molecule has 162 valence electrons. The van der Waals surface area contributed by atoms with E-state index in [-0.39, 0.29) is 17.9 Å². The van der Waals surface area contributed by atoms with Crippen molar-refractivity contribution in [2.24, 2.45) is 0 Å². The quantitative estimate of drug-likeness (QED) is 0.284. The van der Waals surface area contributed by atoms with Crippen LogP contribution in [0.15, 0.2) is 29.1 Å². The van der Waals surface area contributed by atoms with E-state index in [1.54, 1.807) is 16.7 Å². The van der Waals surface area contributed by atoms with Crippen LogP contribution in [0.4, 0.5) is 0 Å². The Morgan fingerprint density at radius 1 is 1.13 bits per heavy atom. The molecule has 0 fully saturated rings. The summed E-state index contributed by atoms with van der Waals surface area (Å²) in [4.78, 5) is 40.8. The largest absolute Gasteiger partial charge is 0.508 e. The molecule has 5 rings (SSSR count). The second kappa shape index (κ2) is 8.71. The molecule has 2 aliphatic heterocycles. The van der Waals surface area contributed by atoms with Crippen molar-refractivity contribution in [3.8, 4) is 17.1 Å². The zero-order valence-electron chi connectivity index (χ0n) is 18.4. The fourth-order valence-electron chi connectivity index (χ4n) is 3.85. The second-order valence-corrected chi connectivity index (χ2v) is 6.90. The second-order valence-electron chi connectivity index (χ2n) is 6.90. The lowest BCUT2D eigenvalue weighted by Crippen LogP contribution is -2.33. The molecule has 1 atom stereocenters. The maximum absolute atomic E-state index is 12.9. The Balaban J connectivity index is 0.000000645. The molecule has 0 saturated heterocycles. The van der Waals surface area contributed by atoms with E-state index in [9.17, 15) is 19.5 Å². The van der Waals surface area contributed by atoms with Gasteiger partial charge in [-0.25, -0.2) is 4.98 Å². The molecule has 1 unspecified atom stereocenters. The fraction of sp³-hybridized carbons (Fsp3) is 0.333. The molecule has 0 bridgehead atoms. The van der Waals surface area contributed by atoms with Crippen molar-refractivity contribution in [2.75, 3.05) is 0 Å². The summed E-state index contributed by atoms with van der Waals surface area (Å²) in [6.07, 6.45) is 0.501. The average Bonchev–Trinajstić information content (AvgIpc) is 3.14. The van der Waals surface area contributed by atoms with Gasteiger partial charge in [0.1, 0.15) is 24.6 Å². The lowest BCUT2D eigenvalue weighted by atomic mass is 9.93. The molecule has 3 aromatic rings. The summed E-state index contributed by atoms with van der Waals surface area (Å²) in [5.41, 5.74) is 3.87. The lowest BCUT2D eigenvalue weighted by Gasteiger charge is -2.21. The number of phenols is 1. The zero-order valence-corrected chi connectivity index (χ0v) is 18.4. The molecule has 2 aromatic heterocycles. The van der Waals surface area contributed by atoms with E-state index >= 15 is 0 Å². The SMILES string of the molecule is CC.CC.Cc1cc2cc3c(nc2cc1O)-c1cc2c(c(=O)n1C3)COC(=O)C2C=O. The van der Waals surface area contributed by atoms with E-state index < -0.39 is 11.9 Å². The summed E-state index contributed by atoms with van der Waals surface area (Å²) in [5, 5.41) is 10.8. The van der Waals surface area contributed by atoms with Gasteiger partial charge in [0.05, 0.1) is 29.0 Å². The van der Waals surface area contributed by atoms with Gasteiger partial charge in [-0.1, -0.05) is 27.7 Å². The predicted molar refractivity (Wildman–Crippen MR) is 118 cm³/mol. The number of rotatable bonds is 1. The minimum Gasteiger partial charge on any atom is -0.508 e. The van der Waals surface area contributed by atoms with Gasteiger partial charge >= 0.3 is 5.97 Å². The van der Waals surface area contributed by atoms with Gasteiger partial charge in [0.2, 0.25) is 0 Å². The molecule has 7 nitrogen and oxygen atoms in total. The number of pyridine rings is 2. The number of esters is 1. The van der Waals surface area contributed by atoms with Crippen LogP contribution in [0, 0.1) is 6.92 Å². The summed E-state index contributed by atoms with van der Waals surface area (Å²) in [7, 11) is 0. The number of aromatic hydroxyl groups is 1. The van der Waals surface area contributed by atoms with Crippen LogP contribution in [0.2, 0.25) is 0 Å². The van der Waals surface area contributed by atoms with Crippen LogP contribution in [-0.4, -0.2) is 26.9 Å². The van der Waals surface area contributed by atoms with Crippen LogP contribution < -0.4 is 5.56 Å². The number of carbonyl (C=O) groups excluding carboxylic acids is 2. The van der Waals surface area contributed by atoms with Crippen LogP contribution in [0.3, 0.4) is 0 Å². The Labute approximate surface area is 180 Å². The number of hydrogen-bond acceptors (Lipinski definition) is 6. The van der Waals surface area contributed by atoms with Crippen molar-refractivity contribution in [3.05, 3.63) is 56.9 Å². The third-order valence-electron chi connectivity index (χ3n) is 5.30. The maximum atomic E-state index is 12.9. The standard InChI is InChI=1S/C20H14N2O5.2C2H6/c1-9-2-10-3-11-6-22-16(18(11)21-15(10)5-17(9)24)4-12-13(7-23)20(26)27-8-14(12)19(22)25;2*1-2/h2-5,7,13,24H,6,8H2,1H3;2*1-2H3. The van der Waals surface area contributed by atoms with Crippen LogP contribution >= 0.6 is 0 Å². The van der Waals surface area contributed by atoms with Gasteiger partial charge in [-0.05, 0) is 36.2 Å². The monoisotopic (exact) mass is 422 g/mol. The van der Waals surface area contributed by atoms with Crippen LogP contribution in [0.25, 0.3) is 22.3 Å². The first kappa shape index (κ1) is 22.2. The lowest BCUT2D eigenvalue weighted by molar-refractivity contribution is -0.149. The van der Waals surface area contributed by atoms with Gasteiger partial charge in [-0.15, -0.1) is 0 Å².